The van der Waals surface area contributed by atoms with E-state index >= 15 is 0 Å². The summed E-state index contributed by atoms with van der Waals surface area (Å²) in [6, 6.07) is 7.14. The number of furan rings is 1. The summed E-state index contributed by atoms with van der Waals surface area (Å²) in [5.41, 5.74) is 1.81. The van der Waals surface area contributed by atoms with Crippen LogP contribution in [0.1, 0.15) is 21.8 Å². The van der Waals surface area contributed by atoms with Crippen molar-refractivity contribution in [1.29, 1.82) is 0 Å². The lowest BCUT2D eigenvalue weighted by Crippen LogP contribution is -2.15. The number of amides is 2. The van der Waals surface area contributed by atoms with Gasteiger partial charge in [-0.25, -0.2) is 9.97 Å². The Hall–Kier alpha value is -3.24. The SMILES string of the molecule is COc1ccc2nc(NC(=O)Cc3csc(NC(=O)c4ccoc4C)n3)sc2c1. The predicted octanol–water partition coefficient (Wildman–Crippen LogP) is 4.10. The smallest absolute Gasteiger partial charge is 0.260 e. The molecule has 1 aromatic carbocycles. The molecule has 3 heterocycles. The Bertz CT molecular complexity index is 1190. The van der Waals surface area contributed by atoms with Gasteiger partial charge in [0.1, 0.15) is 11.5 Å². The van der Waals surface area contributed by atoms with Gasteiger partial charge in [-0.3, -0.25) is 14.9 Å². The van der Waals surface area contributed by atoms with E-state index in [1.807, 2.05) is 18.2 Å². The Morgan fingerprint density at radius 2 is 2.03 bits per heavy atom. The molecule has 2 amide bonds. The lowest BCUT2D eigenvalue weighted by atomic mass is 10.2. The topological polar surface area (TPSA) is 106 Å². The second kappa shape index (κ2) is 8.02. The minimum absolute atomic E-state index is 0.0797. The average Bonchev–Trinajstić information content (AvgIpc) is 3.40. The molecule has 4 rings (SSSR count). The second-order valence-electron chi connectivity index (χ2n) is 6.07. The number of carbonyl (C=O) groups excluding carboxylic acids is 2. The number of fused-ring (bicyclic) bond motifs is 1. The van der Waals surface area contributed by atoms with Gasteiger partial charge in [-0.2, -0.15) is 0 Å². The molecule has 29 heavy (non-hydrogen) atoms. The van der Waals surface area contributed by atoms with Crippen molar-refractivity contribution in [2.24, 2.45) is 0 Å². The standard InChI is InChI=1S/C19H16N4O4S2/c1-10-13(5-6-27-10)17(25)23-18-20-11(9-28-18)7-16(24)22-19-21-14-4-3-12(26-2)8-15(14)29-19/h3-6,8-9H,7H2,1-2H3,(H,20,23,25)(H,21,22,24). The lowest BCUT2D eigenvalue weighted by Gasteiger charge is -2.00. The number of nitrogens with one attached hydrogen (secondary N) is 2. The first-order chi connectivity index (χ1) is 14.0. The van der Waals surface area contributed by atoms with Crippen LogP contribution in [-0.4, -0.2) is 28.9 Å². The molecule has 0 aliphatic rings. The molecule has 0 aliphatic carbocycles. The van der Waals surface area contributed by atoms with E-state index < -0.39 is 0 Å². The monoisotopic (exact) mass is 428 g/mol. The maximum absolute atomic E-state index is 12.3. The number of thiazole rings is 2. The molecule has 0 unspecified atom stereocenters. The van der Waals surface area contributed by atoms with Crippen LogP contribution >= 0.6 is 22.7 Å². The molecular weight excluding hydrogens is 412 g/mol. The van der Waals surface area contributed by atoms with Gasteiger partial charge < -0.3 is 14.5 Å². The Kier molecular flexibility index (Phi) is 5.28. The summed E-state index contributed by atoms with van der Waals surface area (Å²) < 4.78 is 11.3. The maximum Gasteiger partial charge on any atom is 0.260 e. The highest BCUT2D eigenvalue weighted by Crippen LogP contribution is 2.29. The van der Waals surface area contributed by atoms with Gasteiger partial charge in [0.15, 0.2) is 10.3 Å². The molecule has 0 saturated carbocycles. The van der Waals surface area contributed by atoms with Gasteiger partial charge in [0, 0.05) is 5.38 Å². The first kappa shape index (κ1) is 19.1. The number of ether oxygens (including phenoxy) is 1. The first-order valence-corrected chi connectivity index (χ1v) is 10.3. The fourth-order valence-electron chi connectivity index (χ4n) is 2.64. The molecule has 0 atom stereocenters. The maximum atomic E-state index is 12.3. The van der Waals surface area contributed by atoms with Crippen LogP contribution in [0.5, 0.6) is 5.75 Å². The number of carbonyl (C=O) groups is 2. The normalized spacial score (nSPS) is 10.8. The molecule has 0 aliphatic heterocycles. The van der Waals surface area contributed by atoms with E-state index in [4.69, 9.17) is 9.15 Å². The summed E-state index contributed by atoms with van der Waals surface area (Å²) >= 11 is 2.63. The van der Waals surface area contributed by atoms with E-state index in [1.54, 1.807) is 25.5 Å². The van der Waals surface area contributed by atoms with Crippen LogP contribution in [0.25, 0.3) is 10.2 Å². The molecule has 3 aromatic heterocycles. The number of rotatable bonds is 6. The molecule has 0 bridgehead atoms. The number of hydrogen-bond acceptors (Lipinski definition) is 8. The van der Waals surface area contributed by atoms with Crippen LogP contribution in [-0.2, 0) is 11.2 Å². The van der Waals surface area contributed by atoms with Crippen LogP contribution in [0.3, 0.4) is 0 Å². The summed E-state index contributed by atoms with van der Waals surface area (Å²) in [6.45, 7) is 1.71. The molecular formula is C19H16N4O4S2. The zero-order valence-electron chi connectivity index (χ0n) is 15.5. The van der Waals surface area contributed by atoms with Crippen molar-refractivity contribution < 1.29 is 18.7 Å². The van der Waals surface area contributed by atoms with Gasteiger partial charge in [0.25, 0.3) is 5.91 Å². The number of aryl methyl sites for hydroxylation is 1. The number of aromatic nitrogens is 2. The van der Waals surface area contributed by atoms with E-state index in [9.17, 15) is 9.59 Å². The zero-order valence-corrected chi connectivity index (χ0v) is 17.1. The molecule has 8 nitrogen and oxygen atoms in total. The molecule has 4 aromatic rings. The number of nitrogens with zero attached hydrogens (tertiary/aromatic N) is 2. The summed E-state index contributed by atoms with van der Waals surface area (Å²) in [6.07, 6.45) is 1.54. The highest BCUT2D eigenvalue weighted by molar-refractivity contribution is 7.22. The van der Waals surface area contributed by atoms with Crippen LogP contribution in [0.2, 0.25) is 0 Å². The predicted molar refractivity (Wildman–Crippen MR) is 112 cm³/mol. The zero-order chi connectivity index (χ0) is 20.4. The van der Waals surface area contributed by atoms with Crippen LogP contribution in [0, 0.1) is 6.92 Å². The minimum atomic E-state index is -0.300. The largest absolute Gasteiger partial charge is 0.497 e. The van der Waals surface area contributed by atoms with Crippen molar-refractivity contribution in [3.8, 4) is 5.75 Å². The van der Waals surface area contributed by atoms with Crippen LogP contribution in [0.4, 0.5) is 10.3 Å². The number of benzene rings is 1. The van der Waals surface area contributed by atoms with Gasteiger partial charge in [-0.05, 0) is 31.2 Å². The minimum Gasteiger partial charge on any atom is -0.497 e. The Morgan fingerprint density at radius 3 is 2.79 bits per heavy atom. The third-order valence-corrected chi connectivity index (χ3v) is 5.80. The van der Waals surface area contributed by atoms with Crippen molar-refractivity contribution in [2.45, 2.75) is 13.3 Å². The summed E-state index contributed by atoms with van der Waals surface area (Å²) in [5, 5.41) is 8.17. The van der Waals surface area contributed by atoms with Gasteiger partial charge in [0.05, 0.1) is 41.3 Å². The fraction of sp³-hybridized carbons (Fsp3) is 0.158. The van der Waals surface area contributed by atoms with Crippen LogP contribution in [0.15, 0.2) is 40.3 Å². The highest BCUT2D eigenvalue weighted by atomic mass is 32.1. The van der Waals surface area contributed by atoms with Crippen LogP contribution < -0.4 is 15.4 Å². The van der Waals surface area contributed by atoms with Crippen molar-refractivity contribution in [3.63, 3.8) is 0 Å². The van der Waals surface area contributed by atoms with Crippen molar-refractivity contribution >= 4 is 55.0 Å². The van der Waals surface area contributed by atoms with E-state index in [0.29, 0.717) is 27.3 Å². The van der Waals surface area contributed by atoms with E-state index in [2.05, 4.69) is 20.6 Å². The fourth-order valence-corrected chi connectivity index (χ4v) is 4.26. The van der Waals surface area contributed by atoms with E-state index in [0.717, 1.165) is 16.0 Å². The third kappa shape index (κ3) is 4.28. The summed E-state index contributed by atoms with van der Waals surface area (Å²) in [5.74, 6) is 0.741. The quantitative estimate of drug-likeness (QED) is 0.479. The lowest BCUT2D eigenvalue weighted by molar-refractivity contribution is -0.115. The average molecular weight is 428 g/mol. The van der Waals surface area contributed by atoms with Gasteiger partial charge in [0.2, 0.25) is 5.91 Å². The molecule has 0 radical (unpaired) electrons. The molecule has 0 saturated heterocycles. The Labute approximate surface area is 173 Å². The Morgan fingerprint density at radius 1 is 1.17 bits per heavy atom. The molecule has 10 heteroatoms. The number of hydrogen-bond donors (Lipinski definition) is 2. The second-order valence-corrected chi connectivity index (χ2v) is 7.95. The van der Waals surface area contributed by atoms with Crippen molar-refractivity contribution in [3.05, 3.63) is 52.9 Å². The van der Waals surface area contributed by atoms with Crippen molar-refractivity contribution in [1.82, 2.24) is 9.97 Å². The molecule has 2 N–H and O–H groups in total. The van der Waals surface area contributed by atoms with E-state index in [-0.39, 0.29) is 18.2 Å². The molecule has 0 fully saturated rings. The summed E-state index contributed by atoms with van der Waals surface area (Å²) in [7, 11) is 1.60. The Balaban J connectivity index is 1.38. The van der Waals surface area contributed by atoms with Gasteiger partial charge in [-0.15, -0.1) is 11.3 Å². The third-order valence-electron chi connectivity index (χ3n) is 4.06. The van der Waals surface area contributed by atoms with Gasteiger partial charge >= 0.3 is 0 Å². The van der Waals surface area contributed by atoms with Gasteiger partial charge in [-0.1, -0.05) is 11.3 Å². The molecule has 0 spiro atoms. The summed E-state index contributed by atoms with van der Waals surface area (Å²) in [4.78, 5) is 33.2. The molecule has 148 valence electrons. The van der Waals surface area contributed by atoms with Crippen molar-refractivity contribution in [2.75, 3.05) is 17.7 Å². The van der Waals surface area contributed by atoms with E-state index in [1.165, 1.54) is 28.9 Å². The highest BCUT2D eigenvalue weighted by Gasteiger charge is 2.15. The first-order valence-electron chi connectivity index (χ1n) is 8.56. The number of methoxy groups -OCH3 is 1. The number of anilines is 2.